The first-order chi connectivity index (χ1) is 6.07. The van der Waals surface area contributed by atoms with E-state index in [1.165, 1.54) is 10.9 Å². The summed E-state index contributed by atoms with van der Waals surface area (Å²) in [5, 5.41) is 14.3. The summed E-state index contributed by atoms with van der Waals surface area (Å²) in [5.41, 5.74) is 0.0127. The molecule has 0 aliphatic rings. The maximum absolute atomic E-state index is 10.6. The van der Waals surface area contributed by atoms with E-state index in [0.29, 0.717) is 6.29 Å². The molecule has 1 aromatic heterocycles. The van der Waals surface area contributed by atoms with Crippen molar-refractivity contribution in [3.63, 3.8) is 0 Å². The van der Waals surface area contributed by atoms with Crippen molar-refractivity contribution in [3.05, 3.63) is 21.9 Å². The number of hydrogen-bond donors (Lipinski definition) is 0. The van der Waals surface area contributed by atoms with Gasteiger partial charge in [0, 0.05) is 0 Å². The Balaban J connectivity index is 3.29. The Kier molecular flexibility index (Phi) is 2.41. The Bertz CT molecular complexity index is 343. The van der Waals surface area contributed by atoms with Gasteiger partial charge in [0.25, 0.3) is 0 Å². The number of carbonyl (C=O) groups excluding carboxylic acids is 1. The number of carbonyl (C=O) groups is 1. The number of rotatable bonds is 3. The summed E-state index contributed by atoms with van der Waals surface area (Å²) >= 11 is 0. The zero-order chi connectivity index (χ0) is 10.0. The summed E-state index contributed by atoms with van der Waals surface area (Å²) < 4.78 is 1.21. The van der Waals surface area contributed by atoms with Crippen molar-refractivity contribution in [1.82, 2.24) is 9.78 Å². The molecule has 0 radical (unpaired) electrons. The van der Waals surface area contributed by atoms with E-state index >= 15 is 0 Å². The predicted octanol–water partition coefficient (Wildman–Crippen LogP) is 1.18. The first-order valence-corrected chi connectivity index (χ1v) is 3.75. The molecule has 0 aromatic carbocycles. The maximum Gasteiger partial charge on any atom is 0.355 e. The van der Waals surface area contributed by atoms with Gasteiger partial charge in [-0.1, -0.05) is 5.10 Å². The highest BCUT2D eigenvalue weighted by atomic mass is 16.6. The van der Waals surface area contributed by atoms with Gasteiger partial charge < -0.3 is 10.1 Å². The molecule has 0 spiro atoms. The van der Waals surface area contributed by atoms with Crippen molar-refractivity contribution in [1.29, 1.82) is 0 Å². The topological polar surface area (TPSA) is 78.0 Å². The van der Waals surface area contributed by atoms with Crippen molar-refractivity contribution < 1.29 is 9.72 Å². The second kappa shape index (κ2) is 3.34. The smallest absolute Gasteiger partial charge is 0.355 e. The van der Waals surface area contributed by atoms with Gasteiger partial charge in [-0.3, -0.25) is 4.79 Å². The molecule has 0 N–H and O–H groups in total. The van der Waals surface area contributed by atoms with Crippen LogP contribution in [0.2, 0.25) is 0 Å². The molecular formula is C7H9N3O3. The zero-order valence-corrected chi connectivity index (χ0v) is 7.30. The van der Waals surface area contributed by atoms with Gasteiger partial charge in [-0.25, -0.2) is 0 Å². The molecule has 0 amide bonds. The SMILES string of the molecule is CC(C)n1ncc(C=O)c1[N+](=O)[O-]. The van der Waals surface area contributed by atoms with Crippen LogP contribution in [0.1, 0.15) is 30.2 Å². The van der Waals surface area contributed by atoms with Crippen LogP contribution in [0.3, 0.4) is 0 Å². The molecule has 0 bridgehead atoms. The average Bonchev–Trinajstić information content (AvgIpc) is 2.46. The molecular weight excluding hydrogens is 174 g/mol. The lowest BCUT2D eigenvalue weighted by molar-refractivity contribution is -0.393. The number of hydrogen-bond acceptors (Lipinski definition) is 4. The van der Waals surface area contributed by atoms with Gasteiger partial charge in [0.2, 0.25) is 0 Å². The summed E-state index contributed by atoms with van der Waals surface area (Å²) in [7, 11) is 0. The van der Waals surface area contributed by atoms with E-state index in [9.17, 15) is 14.9 Å². The summed E-state index contributed by atoms with van der Waals surface area (Å²) in [6.45, 7) is 3.52. The van der Waals surface area contributed by atoms with Crippen molar-refractivity contribution in [2.45, 2.75) is 19.9 Å². The Morgan fingerprint density at radius 1 is 1.69 bits per heavy atom. The molecule has 0 atom stereocenters. The monoisotopic (exact) mass is 183 g/mol. The number of nitrogens with zero attached hydrogens (tertiary/aromatic N) is 3. The molecule has 6 heteroatoms. The summed E-state index contributed by atoms with van der Waals surface area (Å²) in [6.07, 6.45) is 1.63. The molecule has 1 aromatic rings. The van der Waals surface area contributed by atoms with Crippen LogP contribution in [-0.2, 0) is 0 Å². The molecule has 70 valence electrons. The highest BCUT2D eigenvalue weighted by Crippen LogP contribution is 2.19. The normalized spacial score (nSPS) is 10.4. The van der Waals surface area contributed by atoms with Crippen LogP contribution in [-0.4, -0.2) is 21.0 Å². The quantitative estimate of drug-likeness (QED) is 0.400. The summed E-state index contributed by atoms with van der Waals surface area (Å²) in [4.78, 5) is 20.4. The third kappa shape index (κ3) is 1.56. The van der Waals surface area contributed by atoms with Gasteiger partial charge in [0.1, 0.15) is 11.6 Å². The Morgan fingerprint density at radius 2 is 2.31 bits per heavy atom. The van der Waals surface area contributed by atoms with Crippen molar-refractivity contribution >= 4 is 12.1 Å². The van der Waals surface area contributed by atoms with Gasteiger partial charge in [-0.15, -0.1) is 4.68 Å². The van der Waals surface area contributed by atoms with E-state index in [0.717, 1.165) is 0 Å². The largest absolute Gasteiger partial charge is 0.358 e. The van der Waals surface area contributed by atoms with E-state index in [1.807, 2.05) is 0 Å². The minimum absolute atomic E-state index is 0.0127. The lowest BCUT2D eigenvalue weighted by atomic mass is 10.3. The lowest BCUT2D eigenvalue weighted by Gasteiger charge is -2.01. The highest BCUT2D eigenvalue weighted by molar-refractivity contribution is 5.79. The van der Waals surface area contributed by atoms with Crippen LogP contribution in [0.4, 0.5) is 5.82 Å². The molecule has 0 fully saturated rings. The fraction of sp³-hybridized carbons (Fsp3) is 0.429. The van der Waals surface area contributed by atoms with E-state index in [1.54, 1.807) is 13.8 Å². The van der Waals surface area contributed by atoms with Crippen LogP contribution >= 0.6 is 0 Å². The fourth-order valence-electron chi connectivity index (χ4n) is 1.02. The minimum atomic E-state index is -0.600. The van der Waals surface area contributed by atoms with E-state index in [-0.39, 0.29) is 17.4 Å². The zero-order valence-electron chi connectivity index (χ0n) is 7.30. The van der Waals surface area contributed by atoms with Crippen LogP contribution in [0.5, 0.6) is 0 Å². The van der Waals surface area contributed by atoms with Gasteiger partial charge in [-0.2, -0.15) is 0 Å². The molecule has 0 aliphatic heterocycles. The first-order valence-electron chi connectivity index (χ1n) is 3.75. The molecule has 0 saturated heterocycles. The maximum atomic E-state index is 10.6. The third-order valence-corrected chi connectivity index (χ3v) is 1.59. The van der Waals surface area contributed by atoms with E-state index in [2.05, 4.69) is 5.10 Å². The summed E-state index contributed by atoms with van der Waals surface area (Å²) in [6, 6.07) is -0.130. The van der Waals surface area contributed by atoms with E-state index < -0.39 is 4.92 Å². The molecule has 0 aliphatic carbocycles. The Morgan fingerprint density at radius 3 is 2.69 bits per heavy atom. The molecule has 1 heterocycles. The summed E-state index contributed by atoms with van der Waals surface area (Å²) in [5.74, 6) is -0.245. The van der Waals surface area contributed by atoms with Crippen LogP contribution in [0.25, 0.3) is 0 Å². The third-order valence-electron chi connectivity index (χ3n) is 1.59. The number of aldehydes is 1. The van der Waals surface area contributed by atoms with Gasteiger partial charge >= 0.3 is 5.82 Å². The average molecular weight is 183 g/mol. The molecule has 0 unspecified atom stereocenters. The number of aromatic nitrogens is 2. The second-order valence-electron chi connectivity index (χ2n) is 2.84. The van der Waals surface area contributed by atoms with Crippen LogP contribution in [0, 0.1) is 10.1 Å². The molecule has 0 saturated carbocycles. The molecule has 6 nitrogen and oxygen atoms in total. The van der Waals surface area contributed by atoms with Gasteiger partial charge in [-0.05, 0) is 18.8 Å². The van der Waals surface area contributed by atoms with Crippen molar-refractivity contribution in [2.24, 2.45) is 0 Å². The minimum Gasteiger partial charge on any atom is -0.358 e. The van der Waals surface area contributed by atoms with Gasteiger partial charge in [0.05, 0.1) is 6.20 Å². The van der Waals surface area contributed by atoms with Gasteiger partial charge in [0.15, 0.2) is 6.29 Å². The number of nitro groups is 1. The van der Waals surface area contributed by atoms with E-state index in [4.69, 9.17) is 0 Å². The molecule has 13 heavy (non-hydrogen) atoms. The Hall–Kier alpha value is -1.72. The standard InChI is InChI=1S/C7H9N3O3/c1-5(2)9-7(10(12)13)6(4-11)3-8-9/h3-5H,1-2H3. The van der Waals surface area contributed by atoms with Crippen LogP contribution < -0.4 is 0 Å². The fourth-order valence-corrected chi connectivity index (χ4v) is 1.02. The predicted molar refractivity (Wildman–Crippen MR) is 44.7 cm³/mol. The first kappa shape index (κ1) is 9.37. The van der Waals surface area contributed by atoms with Crippen molar-refractivity contribution in [3.8, 4) is 0 Å². The molecule has 1 rings (SSSR count). The Labute approximate surface area is 74.3 Å². The highest BCUT2D eigenvalue weighted by Gasteiger charge is 2.23. The van der Waals surface area contributed by atoms with Crippen LogP contribution in [0.15, 0.2) is 6.20 Å². The lowest BCUT2D eigenvalue weighted by Crippen LogP contribution is -2.07. The second-order valence-corrected chi connectivity index (χ2v) is 2.84. The van der Waals surface area contributed by atoms with Crippen molar-refractivity contribution in [2.75, 3.05) is 0 Å².